The minimum absolute atomic E-state index is 0.977. The second-order valence-corrected chi connectivity index (χ2v) is 2.49. The third-order valence-electron chi connectivity index (χ3n) is 1.66. The molecule has 0 unspecified atom stereocenters. The molecule has 0 radical (unpaired) electrons. The van der Waals surface area contributed by atoms with E-state index in [1.807, 2.05) is 42.5 Å². The van der Waals surface area contributed by atoms with E-state index in [9.17, 15) is 0 Å². The fourth-order valence-corrected chi connectivity index (χ4v) is 1.08. The van der Waals surface area contributed by atoms with Crippen LogP contribution in [-0.4, -0.2) is 5.16 Å². The fourth-order valence-electron chi connectivity index (χ4n) is 1.08. The number of fused-ring (bicyclic) bond motifs is 1. The molecular formula is C10H9NO. The molecule has 0 spiro atoms. The summed E-state index contributed by atoms with van der Waals surface area (Å²) in [6, 6.07) is 13.8. The summed E-state index contributed by atoms with van der Waals surface area (Å²) in [5.41, 5.74) is 2.10. The standard InChI is InChI=1S/C10H9NO/c1-2-5-9-6-4-8-12-11-10(9)7-3-1/h1-8,11H. The quantitative estimate of drug-likeness (QED) is 0.629. The lowest BCUT2D eigenvalue weighted by atomic mass is 10.2. The highest BCUT2D eigenvalue weighted by Gasteiger charge is 1.93. The van der Waals surface area contributed by atoms with Crippen molar-refractivity contribution in [2.75, 3.05) is 0 Å². The van der Waals surface area contributed by atoms with Gasteiger partial charge in [-0.2, -0.15) is 0 Å². The van der Waals surface area contributed by atoms with Gasteiger partial charge in [-0.25, -0.2) is 5.16 Å². The summed E-state index contributed by atoms with van der Waals surface area (Å²) in [7, 11) is 0. The Kier molecular flexibility index (Phi) is 1.82. The maximum absolute atomic E-state index is 5.00. The molecule has 0 fully saturated rings. The van der Waals surface area contributed by atoms with Crippen LogP contribution in [0.15, 0.2) is 53.3 Å². The normalized spacial score (nSPS) is 9.67. The lowest BCUT2D eigenvalue weighted by molar-refractivity contribution is 0.409. The van der Waals surface area contributed by atoms with Crippen LogP contribution in [0.5, 0.6) is 0 Å². The Morgan fingerprint density at radius 2 is 1.75 bits per heavy atom. The van der Waals surface area contributed by atoms with Gasteiger partial charge in [-0.3, -0.25) is 0 Å². The largest absolute Gasteiger partial charge is 0.390 e. The Labute approximate surface area is 70.5 Å². The van der Waals surface area contributed by atoms with Crippen molar-refractivity contribution >= 4 is 0 Å². The van der Waals surface area contributed by atoms with Crippen molar-refractivity contribution in [1.29, 1.82) is 0 Å². The number of H-pyrrole nitrogens is 1. The van der Waals surface area contributed by atoms with Gasteiger partial charge in [-0.15, -0.1) is 0 Å². The van der Waals surface area contributed by atoms with E-state index < -0.39 is 0 Å². The Morgan fingerprint density at radius 3 is 2.75 bits per heavy atom. The second-order valence-electron chi connectivity index (χ2n) is 2.49. The molecule has 1 aliphatic carbocycles. The molecule has 1 heterocycles. The van der Waals surface area contributed by atoms with E-state index in [2.05, 4.69) is 5.16 Å². The molecule has 0 saturated heterocycles. The average molecular weight is 159 g/mol. The number of hydrogen-bond acceptors (Lipinski definition) is 1. The summed E-state index contributed by atoms with van der Waals surface area (Å²) < 4.78 is 5.00. The van der Waals surface area contributed by atoms with Crippen molar-refractivity contribution in [3.8, 4) is 11.3 Å². The molecule has 1 N–H and O–H groups in total. The van der Waals surface area contributed by atoms with Crippen LogP contribution in [0.4, 0.5) is 0 Å². The first-order valence-corrected chi connectivity index (χ1v) is 3.81. The third-order valence-corrected chi connectivity index (χ3v) is 1.66. The van der Waals surface area contributed by atoms with E-state index in [0.29, 0.717) is 0 Å². The highest BCUT2D eigenvalue weighted by molar-refractivity contribution is 5.57. The molecule has 2 rings (SSSR count). The van der Waals surface area contributed by atoms with E-state index in [-0.39, 0.29) is 0 Å². The molecule has 0 saturated carbocycles. The lowest BCUT2D eigenvalue weighted by Gasteiger charge is -1.90. The van der Waals surface area contributed by atoms with Gasteiger partial charge in [0.15, 0.2) is 0 Å². The van der Waals surface area contributed by atoms with Gasteiger partial charge in [0.1, 0.15) is 6.26 Å². The van der Waals surface area contributed by atoms with Crippen molar-refractivity contribution in [2.24, 2.45) is 0 Å². The molecule has 2 nitrogen and oxygen atoms in total. The van der Waals surface area contributed by atoms with E-state index >= 15 is 0 Å². The zero-order valence-corrected chi connectivity index (χ0v) is 6.53. The van der Waals surface area contributed by atoms with Crippen LogP contribution in [0.3, 0.4) is 0 Å². The minimum atomic E-state index is 0.977. The third kappa shape index (κ3) is 1.32. The Hall–Kier alpha value is -1.70. The van der Waals surface area contributed by atoms with E-state index in [4.69, 9.17) is 4.52 Å². The summed E-state index contributed by atoms with van der Waals surface area (Å²) in [6.45, 7) is 0. The van der Waals surface area contributed by atoms with Gasteiger partial charge in [0.2, 0.25) is 0 Å². The van der Waals surface area contributed by atoms with Crippen molar-refractivity contribution in [3.05, 3.63) is 48.7 Å². The van der Waals surface area contributed by atoms with Gasteiger partial charge in [0, 0.05) is 5.56 Å². The molecule has 2 aliphatic rings. The molecule has 60 valence electrons. The first-order chi connectivity index (χ1) is 5.97. The van der Waals surface area contributed by atoms with Crippen LogP contribution in [0.25, 0.3) is 11.3 Å². The zero-order valence-electron chi connectivity index (χ0n) is 6.53. The van der Waals surface area contributed by atoms with Crippen LogP contribution < -0.4 is 0 Å². The van der Waals surface area contributed by atoms with Crippen molar-refractivity contribution < 1.29 is 4.52 Å². The van der Waals surface area contributed by atoms with Gasteiger partial charge in [0.05, 0.1) is 5.69 Å². The highest BCUT2D eigenvalue weighted by Crippen LogP contribution is 2.14. The second kappa shape index (κ2) is 3.13. The van der Waals surface area contributed by atoms with Gasteiger partial charge < -0.3 is 4.52 Å². The van der Waals surface area contributed by atoms with E-state index in [0.717, 1.165) is 11.3 Å². The zero-order chi connectivity index (χ0) is 8.23. The number of rotatable bonds is 0. The van der Waals surface area contributed by atoms with Gasteiger partial charge in [-0.05, 0) is 18.2 Å². The molecule has 0 aromatic rings. The summed E-state index contributed by atoms with van der Waals surface area (Å²) in [5, 5.41) is 2.83. The lowest BCUT2D eigenvalue weighted by Crippen LogP contribution is -1.72. The average Bonchev–Trinajstić information content (AvgIpc) is 2.38. The number of aromatic amines is 1. The smallest absolute Gasteiger partial charge is 0.119 e. The van der Waals surface area contributed by atoms with Crippen LogP contribution in [-0.2, 0) is 0 Å². The van der Waals surface area contributed by atoms with Crippen LogP contribution in [0, 0.1) is 0 Å². The van der Waals surface area contributed by atoms with Crippen molar-refractivity contribution in [1.82, 2.24) is 5.16 Å². The maximum atomic E-state index is 5.00. The van der Waals surface area contributed by atoms with E-state index in [1.54, 1.807) is 6.26 Å². The van der Waals surface area contributed by atoms with Crippen LogP contribution in [0.1, 0.15) is 0 Å². The molecule has 12 heavy (non-hydrogen) atoms. The Balaban J connectivity index is 2.74. The predicted molar refractivity (Wildman–Crippen MR) is 47.3 cm³/mol. The van der Waals surface area contributed by atoms with Crippen LogP contribution in [0.2, 0.25) is 0 Å². The molecule has 1 aliphatic heterocycles. The predicted octanol–water partition coefficient (Wildman–Crippen LogP) is 2.84. The SMILES string of the molecule is c1ccc2ccco[nH]c-2cc1. The van der Waals surface area contributed by atoms with Crippen LogP contribution >= 0.6 is 0 Å². The van der Waals surface area contributed by atoms with Gasteiger partial charge in [-0.1, -0.05) is 24.3 Å². The van der Waals surface area contributed by atoms with Crippen molar-refractivity contribution in [3.63, 3.8) is 0 Å². The highest BCUT2D eigenvalue weighted by atomic mass is 16.4. The first-order valence-electron chi connectivity index (χ1n) is 3.81. The summed E-state index contributed by atoms with van der Waals surface area (Å²) >= 11 is 0. The molecule has 0 aromatic heterocycles. The summed E-state index contributed by atoms with van der Waals surface area (Å²) in [6.07, 6.45) is 1.61. The maximum Gasteiger partial charge on any atom is 0.119 e. The minimum Gasteiger partial charge on any atom is -0.390 e. The first kappa shape index (κ1) is 6.98. The molecule has 2 heteroatoms. The van der Waals surface area contributed by atoms with Gasteiger partial charge >= 0.3 is 0 Å². The van der Waals surface area contributed by atoms with Crippen molar-refractivity contribution in [2.45, 2.75) is 0 Å². The molecular weight excluding hydrogens is 150 g/mol. The number of aromatic nitrogens is 1. The molecule has 0 amide bonds. The summed E-state index contributed by atoms with van der Waals surface area (Å²) in [4.78, 5) is 0. The Morgan fingerprint density at radius 1 is 0.917 bits per heavy atom. The monoisotopic (exact) mass is 159 g/mol. The van der Waals surface area contributed by atoms with Gasteiger partial charge in [0.25, 0.3) is 0 Å². The number of hydrogen-bond donors (Lipinski definition) is 1. The molecule has 0 atom stereocenters. The molecule has 0 aromatic carbocycles. The fraction of sp³-hybridized carbons (Fsp3) is 0. The summed E-state index contributed by atoms with van der Waals surface area (Å²) in [5.74, 6) is 0. The molecule has 0 bridgehead atoms. The number of nitrogens with one attached hydrogen (secondary N) is 1. The van der Waals surface area contributed by atoms with E-state index in [1.165, 1.54) is 0 Å². The Bertz CT molecular complexity index is 307. The topological polar surface area (TPSA) is 28.9 Å².